The fourth-order valence-electron chi connectivity index (χ4n) is 2.06. The van der Waals surface area contributed by atoms with E-state index in [0.717, 1.165) is 4.90 Å². The van der Waals surface area contributed by atoms with Crippen molar-refractivity contribution in [2.24, 2.45) is 10.9 Å². The van der Waals surface area contributed by atoms with Crippen molar-refractivity contribution in [3.8, 4) is 0 Å². The Bertz CT molecular complexity index is 518. The SMILES string of the molecule is CC(C)C(=O)NC1=NC(=O)[N+]([C@@H]2O[C@H](CO)[C@@H](O)[C@H]2O)C=C1. The zero-order valence-corrected chi connectivity index (χ0v) is 12.2. The predicted octanol–water partition coefficient (Wildman–Crippen LogP) is -1.62. The molecule has 3 amide bonds. The van der Waals surface area contributed by atoms with Crippen molar-refractivity contribution < 1.29 is 29.6 Å². The van der Waals surface area contributed by atoms with Gasteiger partial charge in [-0.1, -0.05) is 13.8 Å². The van der Waals surface area contributed by atoms with Crippen LogP contribution in [0.5, 0.6) is 0 Å². The fourth-order valence-corrected chi connectivity index (χ4v) is 2.06. The van der Waals surface area contributed by atoms with Crippen LogP contribution < -0.4 is 10.2 Å². The molecule has 0 aliphatic carbocycles. The first-order valence-electron chi connectivity index (χ1n) is 6.87. The fraction of sp³-hybridized carbons (Fsp3) is 0.615. The van der Waals surface area contributed by atoms with Gasteiger partial charge >= 0.3 is 6.03 Å². The van der Waals surface area contributed by atoms with Gasteiger partial charge in [-0.05, 0) is 4.90 Å². The maximum Gasteiger partial charge on any atom is 0.500 e. The Morgan fingerprint density at radius 2 is 2.14 bits per heavy atom. The lowest BCUT2D eigenvalue weighted by atomic mass is 10.1. The summed E-state index contributed by atoms with van der Waals surface area (Å²) in [5, 5.41) is 31.1. The van der Waals surface area contributed by atoms with Crippen molar-refractivity contribution in [2.75, 3.05) is 6.61 Å². The Kier molecular flexibility index (Phi) is 5.04. The number of carbonyl (C=O) groups is 2. The molecule has 0 aromatic rings. The molecule has 9 nitrogen and oxygen atoms in total. The second-order valence-electron chi connectivity index (χ2n) is 5.38. The molecule has 0 aromatic carbocycles. The van der Waals surface area contributed by atoms with E-state index in [1.807, 2.05) is 0 Å². The normalized spacial score (nSPS) is 32.5. The van der Waals surface area contributed by atoms with Crippen molar-refractivity contribution in [2.45, 2.75) is 38.4 Å². The highest BCUT2D eigenvalue weighted by Gasteiger charge is 2.53. The highest BCUT2D eigenvalue weighted by molar-refractivity contribution is 6.10. The molecule has 2 aliphatic heterocycles. The topological polar surface area (TPSA) is 134 Å². The molecule has 2 heterocycles. The molecule has 22 heavy (non-hydrogen) atoms. The quantitative estimate of drug-likeness (QED) is 0.463. The summed E-state index contributed by atoms with van der Waals surface area (Å²) in [7, 11) is 0. The van der Waals surface area contributed by atoms with Gasteiger partial charge in [0.2, 0.25) is 5.91 Å². The predicted molar refractivity (Wildman–Crippen MR) is 74.8 cm³/mol. The molecular weight excluding hydrogens is 294 g/mol. The van der Waals surface area contributed by atoms with Gasteiger partial charge in [0.05, 0.1) is 6.61 Å². The van der Waals surface area contributed by atoms with E-state index < -0.39 is 37.2 Å². The minimum atomic E-state index is -1.37. The van der Waals surface area contributed by atoms with E-state index in [1.54, 1.807) is 13.8 Å². The molecule has 2 aliphatic rings. The Balaban J connectivity index is 2.06. The molecule has 4 atom stereocenters. The van der Waals surface area contributed by atoms with E-state index in [9.17, 15) is 19.8 Å². The lowest BCUT2D eigenvalue weighted by Crippen LogP contribution is -2.49. The summed E-state index contributed by atoms with van der Waals surface area (Å²) in [5.41, 5.74) is 0. The first-order valence-corrected chi connectivity index (χ1v) is 6.87. The van der Waals surface area contributed by atoms with Crippen molar-refractivity contribution >= 4 is 17.8 Å². The maximum absolute atomic E-state index is 12.0. The van der Waals surface area contributed by atoms with Crippen LogP contribution in [0, 0.1) is 5.92 Å². The molecule has 1 radical (unpaired) electrons. The first kappa shape index (κ1) is 16.7. The number of aliphatic imine (C=N–C) groups is 1. The average Bonchev–Trinajstić information content (AvgIpc) is 2.75. The Hall–Kier alpha value is -1.65. The van der Waals surface area contributed by atoms with Crippen LogP contribution in [0.2, 0.25) is 0 Å². The number of carbonyl (C=O) groups excluding carboxylic acids is 2. The van der Waals surface area contributed by atoms with E-state index in [2.05, 4.69) is 10.3 Å². The molecule has 1 saturated heterocycles. The standard InChI is InChI=1S/C13H19N3O6/c1-6(2)11(20)14-8-3-4-16(13(21)15-8)12-10(19)9(18)7(5-17)22-12/h3-4,6-7,9-10,12,17-19H,5H2,1-2H3,(H,14,15,20,21)/q+1/t7-,9-,10-,12-/m1/s1. The van der Waals surface area contributed by atoms with E-state index in [1.165, 1.54) is 12.3 Å². The van der Waals surface area contributed by atoms with E-state index in [4.69, 9.17) is 9.84 Å². The minimum absolute atomic E-state index is 0.0895. The van der Waals surface area contributed by atoms with Crippen molar-refractivity contribution in [1.82, 2.24) is 10.2 Å². The number of nitrogens with zero attached hydrogens (tertiary/aromatic N) is 2. The Morgan fingerprint density at radius 1 is 1.45 bits per heavy atom. The smallest absolute Gasteiger partial charge is 0.394 e. The van der Waals surface area contributed by atoms with Gasteiger partial charge in [0.1, 0.15) is 18.0 Å². The van der Waals surface area contributed by atoms with Crippen LogP contribution in [0.25, 0.3) is 0 Å². The number of nitrogens with one attached hydrogen (secondary N) is 1. The summed E-state index contributed by atoms with van der Waals surface area (Å²) in [6.45, 7) is 2.92. The average molecular weight is 313 g/mol. The summed E-state index contributed by atoms with van der Waals surface area (Å²) in [4.78, 5) is 28.2. The summed E-state index contributed by atoms with van der Waals surface area (Å²) < 4.78 is 5.25. The van der Waals surface area contributed by atoms with Gasteiger partial charge in [-0.2, -0.15) is 4.79 Å². The molecule has 0 bridgehead atoms. The second kappa shape index (κ2) is 6.63. The lowest BCUT2D eigenvalue weighted by Gasteiger charge is -2.16. The molecule has 4 N–H and O–H groups in total. The van der Waals surface area contributed by atoms with Crippen LogP contribution in [0.15, 0.2) is 17.3 Å². The zero-order chi connectivity index (χ0) is 16.4. The third-order valence-electron chi connectivity index (χ3n) is 3.40. The molecule has 1 fully saturated rings. The molecule has 0 aromatic heterocycles. The molecule has 9 heteroatoms. The number of hydrogen-bond donors (Lipinski definition) is 4. The summed E-state index contributed by atoms with van der Waals surface area (Å²) >= 11 is 0. The summed E-state index contributed by atoms with van der Waals surface area (Å²) in [5.74, 6) is -0.450. The second-order valence-corrected chi connectivity index (χ2v) is 5.38. The third-order valence-corrected chi connectivity index (χ3v) is 3.40. The Morgan fingerprint density at radius 3 is 2.64 bits per heavy atom. The molecule has 0 unspecified atom stereocenters. The zero-order valence-electron chi connectivity index (χ0n) is 12.2. The van der Waals surface area contributed by atoms with Crippen LogP contribution >= 0.6 is 0 Å². The van der Waals surface area contributed by atoms with Crippen molar-refractivity contribution in [1.29, 1.82) is 0 Å². The van der Waals surface area contributed by atoms with Gasteiger partial charge < -0.3 is 25.4 Å². The number of amides is 3. The van der Waals surface area contributed by atoms with Crippen LogP contribution in [-0.4, -0.2) is 64.2 Å². The molecule has 0 spiro atoms. The number of amidine groups is 1. The van der Waals surface area contributed by atoms with Crippen LogP contribution in [0.4, 0.5) is 4.79 Å². The number of rotatable bonds is 3. The summed E-state index contributed by atoms with van der Waals surface area (Å²) in [6, 6.07) is -0.753. The van der Waals surface area contributed by atoms with Crippen LogP contribution in [0.3, 0.4) is 0 Å². The van der Waals surface area contributed by atoms with E-state index >= 15 is 0 Å². The van der Waals surface area contributed by atoms with Gasteiger partial charge in [0.15, 0.2) is 12.3 Å². The number of ether oxygens (including phenoxy) is 1. The highest BCUT2D eigenvalue weighted by Crippen LogP contribution is 2.24. The largest absolute Gasteiger partial charge is 0.500 e. The number of aliphatic hydroxyl groups excluding tert-OH is 3. The maximum atomic E-state index is 12.0. The van der Waals surface area contributed by atoms with Gasteiger partial charge in [-0.15, -0.1) is 4.99 Å². The lowest BCUT2D eigenvalue weighted by molar-refractivity contribution is -0.122. The van der Waals surface area contributed by atoms with Gasteiger partial charge in [0, 0.05) is 12.0 Å². The number of hydrogen-bond acceptors (Lipinski definition) is 6. The van der Waals surface area contributed by atoms with Crippen LogP contribution in [-0.2, 0) is 9.53 Å². The molecule has 121 valence electrons. The number of aliphatic hydroxyl groups is 3. The van der Waals surface area contributed by atoms with Gasteiger partial charge in [0.25, 0.3) is 6.23 Å². The highest BCUT2D eigenvalue weighted by atomic mass is 16.6. The molecule has 0 saturated carbocycles. The van der Waals surface area contributed by atoms with E-state index in [-0.39, 0.29) is 17.7 Å². The van der Waals surface area contributed by atoms with Crippen molar-refractivity contribution in [3.05, 3.63) is 12.3 Å². The van der Waals surface area contributed by atoms with E-state index in [0.29, 0.717) is 0 Å². The number of urea groups is 1. The van der Waals surface area contributed by atoms with Crippen molar-refractivity contribution in [3.63, 3.8) is 0 Å². The van der Waals surface area contributed by atoms with Crippen LogP contribution in [0.1, 0.15) is 13.8 Å². The molecule has 2 rings (SSSR count). The third kappa shape index (κ3) is 3.23. The molecular formula is C13H19N3O6+. The monoisotopic (exact) mass is 313 g/mol. The first-order chi connectivity index (χ1) is 10.3. The van der Waals surface area contributed by atoms with Gasteiger partial charge in [-0.25, -0.2) is 0 Å². The van der Waals surface area contributed by atoms with Gasteiger partial charge in [-0.3, -0.25) is 4.79 Å². The Labute approximate surface area is 126 Å². The minimum Gasteiger partial charge on any atom is -0.394 e. The summed E-state index contributed by atoms with van der Waals surface area (Å²) in [6.07, 6.45) is -2.12.